The number of nitrogens with zero attached hydrogens (tertiary/aromatic N) is 1. The average molecular weight is 376 g/mol. The van der Waals surface area contributed by atoms with Crippen LogP contribution in [0, 0.1) is 0 Å². The Morgan fingerprint density at radius 1 is 1.00 bits per heavy atom. The van der Waals surface area contributed by atoms with Crippen LogP contribution >= 0.6 is 0 Å². The molecule has 144 valence electrons. The summed E-state index contributed by atoms with van der Waals surface area (Å²) in [6.07, 6.45) is 1.59. The van der Waals surface area contributed by atoms with Crippen molar-refractivity contribution in [2.75, 3.05) is 12.4 Å². The van der Waals surface area contributed by atoms with E-state index in [0.717, 1.165) is 11.3 Å². The lowest BCUT2D eigenvalue weighted by molar-refractivity contribution is 0.102. The van der Waals surface area contributed by atoms with Gasteiger partial charge in [-0.25, -0.2) is 0 Å². The van der Waals surface area contributed by atoms with Gasteiger partial charge in [-0.1, -0.05) is 38.1 Å². The summed E-state index contributed by atoms with van der Waals surface area (Å²) in [5, 5.41) is 2.83. The van der Waals surface area contributed by atoms with Gasteiger partial charge in [-0.05, 0) is 47.4 Å². The van der Waals surface area contributed by atoms with Crippen molar-refractivity contribution in [1.29, 1.82) is 0 Å². The van der Waals surface area contributed by atoms with Gasteiger partial charge in [0.1, 0.15) is 5.75 Å². The van der Waals surface area contributed by atoms with E-state index in [4.69, 9.17) is 4.74 Å². The summed E-state index contributed by atoms with van der Waals surface area (Å²) >= 11 is 0. The Hall–Kier alpha value is -3.34. The van der Waals surface area contributed by atoms with Gasteiger partial charge < -0.3 is 14.6 Å². The van der Waals surface area contributed by atoms with Crippen LogP contribution in [0.4, 0.5) is 5.69 Å². The molecule has 0 aliphatic rings. The number of anilines is 1. The highest BCUT2D eigenvalue weighted by atomic mass is 16.5. The Morgan fingerprint density at radius 2 is 1.68 bits per heavy atom. The molecule has 0 aliphatic heterocycles. The molecule has 0 unspecified atom stereocenters. The summed E-state index contributed by atoms with van der Waals surface area (Å²) < 4.78 is 6.66. The highest BCUT2D eigenvalue weighted by Gasteiger charge is 2.09. The molecule has 0 saturated carbocycles. The normalized spacial score (nSPS) is 10.7. The number of benzene rings is 2. The molecule has 0 saturated heterocycles. The molecule has 1 amide bonds. The first-order valence-corrected chi connectivity index (χ1v) is 9.21. The van der Waals surface area contributed by atoms with Gasteiger partial charge in [0.05, 0.1) is 19.2 Å². The first-order chi connectivity index (χ1) is 13.5. The Balaban J connectivity index is 1.76. The third-order valence-corrected chi connectivity index (χ3v) is 4.59. The molecule has 28 heavy (non-hydrogen) atoms. The number of carbonyl (C=O) groups is 1. The second-order valence-electron chi connectivity index (χ2n) is 6.96. The molecule has 1 heterocycles. The summed E-state index contributed by atoms with van der Waals surface area (Å²) in [4.78, 5) is 24.8. The summed E-state index contributed by atoms with van der Waals surface area (Å²) in [7, 11) is 1.59. The van der Waals surface area contributed by atoms with Crippen molar-refractivity contribution in [3.05, 3.63) is 93.9 Å². The lowest BCUT2D eigenvalue weighted by Crippen LogP contribution is -2.22. The Bertz CT molecular complexity index is 1000. The number of methoxy groups -OCH3 is 1. The molecule has 0 atom stereocenters. The number of pyridine rings is 1. The van der Waals surface area contributed by atoms with Crippen LogP contribution < -0.4 is 15.6 Å². The van der Waals surface area contributed by atoms with E-state index in [-0.39, 0.29) is 11.5 Å². The number of hydrogen-bond acceptors (Lipinski definition) is 3. The van der Waals surface area contributed by atoms with Gasteiger partial charge in [-0.3, -0.25) is 9.59 Å². The van der Waals surface area contributed by atoms with Gasteiger partial charge in [0.15, 0.2) is 0 Å². The van der Waals surface area contributed by atoms with Crippen molar-refractivity contribution >= 4 is 11.6 Å². The Morgan fingerprint density at radius 3 is 2.29 bits per heavy atom. The molecular weight excluding hydrogens is 352 g/mol. The standard InChI is InChI=1S/C23H24N2O3/c1-16(2)18-6-4-17(5-7-18)14-25-15-19(8-13-22(25)26)23(27)24-20-9-11-21(28-3)12-10-20/h4-13,15-16H,14H2,1-3H3,(H,24,27). The van der Waals surface area contributed by atoms with E-state index in [0.29, 0.717) is 23.7 Å². The van der Waals surface area contributed by atoms with Crippen LogP contribution in [0.25, 0.3) is 0 Å². The molecule has 5 heteroatoms. The third kappa shape index (κ3) is 4.68. The number of aromatic nitrogens is 1. The minimum atomic E-state index is -0.269. The van der Waals surface area contributed by atoms with Crippen molar-refractivity contribution in [3.8, 4) is 5.75 Å². The molecule has 3 aromatic rings. The third-order valence-electron chi connectivity index (χ3n) is 4.59. The Kier molecular flexibility index (Phi) is 5.94. The largest absolute Gasteiger partial charge is 0.497 e. The zero-order valence-corrected chi connectivity index (χ0v) is 16.3. The number of carbonyl (C=O) groups excluding carboxylic acids is 1. The van der Waals surface area contributed by atoms with E-state index in [2.05, 4.69) is 31.3 Å². The van der Waals surface area contributed by atoms with E-state index in [1.54, 1.807) is 48.2 Å². The zero-order valence-electron chi connectivity index (χ0n) is 16.3. The molecule has 1 aromatic heterocycles. The number of amides is 1. The first kappa shape index (κ1) is 19.4. The molecule has 3 rings (SSSR count). The molecule has 1 N–H and O–H groups in total. The molecule has 0 aliphatic carbocycles. The van der Waals surface area contributed by atoms with Crippen molar-refractivity contribution in [1.82, 2.24) is 4.57 Å². The van der Waals surface area contributed by atoms with Crippen LogP contribution in [0.2, 0.25) is 0 Å². The van der Waals surface area contributed by atoms with Crippen LogP contribution in [-0.2, 0) is 6.54 Å². The predicted octanol–water partition coefficient (Wildman–Crippen LogP) is 4.28. The molecule has 5 nitrogen and oxygen atoms in total. The predicted molar refractivity (Wildman–Crippen MR) is 111 cm³/mol. The lowest BCUT2D eigenvalue weighted by Gasteiger charge is -2.11. The van der Waals surface area contributed by atoms with Crippen molar-refractivity contribution in [3.63, 3.8) is 0 Å². The second-order valence-corrected chi connectivity index (χ2v) is 6.96. The second kappa shape index (κ2) is 8.57. The quantitative estimate of drug-likeness (QED) is 0.698. The topological polar surface area (TPSA) is 60.3 Å². The average Bonchev–Trinajstić information content (AvgIpc) is 2.70. The van der Waals surface area contributed by atoms with E-state index >= 15 is 0 Å². The molecule has 0 fully saturated rings. The van der Waals surface area contributed by atoms with E-state index in [9.17, 15) is 9.59 Å². The van der Waals surface area contributed by atoms with Gasteiger partial charge in [-0.2, -0.15) is 0 Å². The first-order valence-electron chi connectivity index (χ1n) is 9.21. The molecular formula is C23H24N2O3. The highest BCUT2D eigenvalue weighted by Crippen LogP contribution is 2.17. The fourth-order valence-electron chi connectivity index (χ4n) is 2.87. The maximum atomic E-state index is 12.5. The molecule has 2 aromatic carbocycles. The summed E-state index contributed by atoms with van der Waals surface area (Å²) in [6.45, 7) is 4.70. The van der Waals surface area contributed by atoms with Crippen molar-refractivity contribution in [2.45, 2.75) is 26.3 Å². The molecule has 0 bridgehead atoms. The lowest BCUT2D eigenvalue weighted by atomic mass is 10.0. The minimum absolute atomic E-state index is 0.145. The zero-order chi connectivity index (χ0) is 20.1. The maximum Gasteiger partial charge on any atom is 0.257 e. The molecule has 0 radical (unpaired) electrons. The minimum Gasteiger partial charge on any atom is -0.497 e. The van der Waals surface area contributed by atoms with Crippen LogP contribution in [0.3, 0.4) is 0 Å². The van der Waals surface area contributed by atoms with Gasteiger partial charge in [0.25, 0.3) is 11.5 Å². The van der Waals surface area contributed by atoms with E-state index in [1.807, 2.05) is 12.1 Å². The van der Waals surface area contributed by atoms with Crippen LogP contribution in [-0.4, -0.2) is 17.6 Å². The summed E-state index contributed by atoms with van der Waals surface area (Å²) in [6, 6.07) is 18.2. The van der Waals surface area contributed by atoms with Gasteiger partial charge >= 0.3 is 0 Å². The smallest absolute Gasteiger partial charge is 0.257 e. The number of hydrogen-bond donors (Lipinski definition) is 1. The number of rotatable bonds is 6. The Labute approximate surface area is 164 Å². The SMILES string of the molecule is COc1ccc(NC(=O)c2ccc(=O)n(Cc3ccc(C(C)C)cc3)c2)cc1. The monoisotopic (exact) mass is 376 g/mol. The molecule has 0 spiro atoms. The van der Waals surface area contributed by atoms with E-state index in [1.165, 1.54) is 11.6 Å². The van der Waals surface area contributed by atoms with Crippen LogP contribution in [0.1, 0.15) is 41.3 Å². The number of nitrogens with one attached hydrogen (secondary N) is 1. The number of ether oxygens (including phenoxy) is 1. The van der Waals surface area contributed by atoms with E-state index < -0.39 is 0 Å². The van der Waals surface area contributed by atoms with Crippen LogP contribution in [0.15, 0.2) is 71.7 Å². The highest BCUT2D eigenvalue weighted by molar-refractivity contribution is 6.04. The summed E-state index contributed by atoms with van der Waals surface area (Å²) in [5.74, 6) is 0.908. The fourth-order valence-corrected chi connectivity index (χ4v) is 2.87. The van der Waals surface area contributed by atoms with Gasteiger partial charge in [0, 0.05) is 18.0 Å². The van der Waals surface area contributed by atoms with Crippen molar-refractivity contribution < 1.29 is 9.53 Å². The fraction of sp³-hybridized carbons (Fsp3) is 0.217. The van der Waals surface area contributed by atoms with Gasteiger partial charge in [-0.15, -0.1) is 0 Å². The van der Waals surface area contributed by atoms with Crippen molar-refractivity contribution in [2.24, 2.45) is 0 Å². The summed E-state index contributed by atoms with van der Waals surface area (Å²) in [5.41, 5.74) is 3.21. The maximum absolute atomic E-state index is 12.5. The van der Waals surface area contributed by atoms with Gasteiger partial charge in [0.2, 0.25) is 0 Å². The van der Waals surface area contributed by atoms with Crippen LogP contribution in [0.5, 0.6) is 5.75 Å².